The van der Waals surface area contributed by atoms with Crippen molar-refractivity contribution in [2.24, 2.45) is 5.92 Å². The van der Waals surface area contributed by atoms with Gasteiger partial charge >= 0.3 is 6.09 Å². The van der Waals surface area contributed by atoms with Crippen LogP contribution >= 0.6 is 0 Å². The van der Waals surface area contributed by atoms with E-state index in [1.54, 1.807) is 7.05 Å². The molecule has 0 atom stereocenters. The molecule has 0 aliphatic carbocycles. The standard InChI is InChI=1S/C18H28N2O3/c1-13(2)10-16(21)19-15-9-7-8-14(11-15)12-20(6)17(22)23-18(3,4)5/h7-9,11,13H,10,12H2,1-6H3,(H,19,21). The molecule has 0 aliphatic heterocycles. The SMILES string of the molecule is CC(C)CC(=O)Nc1cccc(CN(C)C(=O)OC(C)(C)C)c1. The number of hydrogen-bond acceptors (Lipinski definition) is 3. The van der Waals surface area contributed by atoms with Crippen molar-refractivity contribution in [3.05, 3.63) is 29.8 Å². The average Bonchev–Trinajstić information content (AvgIpc) is 2.35. The predicted octanol–water partition coefficient (Wildman–Crippen LogP) is 4.04. The minimum Gasteiger partial charge on any atom is -0.444 e. The van der Waals surface area contributed by atoms with Crippen LogP contribution < -0.4 is 5.32 Å². The molecular formula is C18H28N2O3. The Labute approximate surface area is 139 Å². The van der Waals surface area contributed by atoms with Crippen molar-refractivity contribution in [1.82, 2.24) is 4.90 Å². The molecule has 2 amide bonds. The van der Waals surface area contributed by atoms with Crippen molar-refractivity contribution in [3.63, 3.8) is 0 Å². The largest absolute Gasteiger partial charge is 0.444 e. The Balaban J connectivity index is 2.66. The number of nitrogens with zero attached hydrogens (tertiary/aromatic N) is 1. The third-order valence-corrected chi connectivity index (χ3v) is 2.93. The smallest absolute Gasteiger partial charge is 0.410 e. The minimum atomic E-state index is -0.516. The fourth-order valence-electron chi connectivity index (χ4n) is 2.01. The van der Waals surface area contributed by atoms with E-state index < -0.39 is 5.60 Å². The summed E-state index contributed by atoms with van der Waals surface area (Å²) in [5, 5.41) is 2.88. The maximum atomic E-state index is 12.0. The summed E-state index contributed by atoms with van der Waals surface area (Å²) in [5.74, 6) is 0.314. The zero-order chi connectivity index (χ0) is 17.6. The first-order chi connectivity index (χ1) is 10.6. The van der Waals surface area contributed by atoms with Gasteiger partial charge in [-0.15, -0.1) is 0 Å². The molecule has 1 aromatic rings. The van der Waals surface area contributed by atoms with E-state index >= 15 is 0 Å². The molecule has 128 valence electrons. The van der Waals surface area contributed by atoms with Crippen LogP contribution in [0.25, 0.3) is 0 Å². The van der Waals surface area contributed by atoms with Crippen LogP contribution in [0.5, 0.6) is 0 Å². The third-order valence-electron chi connectivity index (χ3n) is 2.93. The number of anilines is 1. The van der Waals surface area contributed by atoms with Crippen molar-refractivity contribution >= 4 is 17.7 Å². The van der Waals surface area contributed by atoms with Crippen LogP contribution in [-0.4, -0.2) is 29.5 Å². The summed E-state index contributed by atoms with van der Waals surface area (Å²) in [7, 11) is 1.69. The van der Waals surface area contributed by atoms with Crippen LogP contribution in [0.15, 0.2) is 24.3 Å². The molecule has 1 aromatic carbocycles. The quantitative estimate of drug-likeness (QED) is 0.891. The fraction of sp³-hybridized carbons (Fsp3) is 0.556. The van der Waals surface area contributed by atoms with E-state index in [1.807, 2.05) is 58.9 Å². The van der Waals surface area contributed by atoms with Gasteiger partial charge in [0.2, 0.25) is 5.91 Å². The zero-order valence-electron chi connectivity index (χ0n) is 15.0. The monoisotopic (exact) mass is 320 g/mol. The number of hydrogen-bond donors (Lipinski definition) is 1. The van der Waals surface area contributed by atoms with Crippen molar-refractivity contribution in [3.8, 4) is 0 Å². The summed E-state index contributed by atoms with van der Waals surface area (Å²) in [4.78, 5) is 25.3. The number of amides is 2. The first-order valence-electron chi connectivity index (χ1n) is 7.89. The van der Waals surface area contributed by atoms with Gasteiger partial charge in [0.05, 0.1) is 0 Å². The van der Waals surface area contributed by atoms with E-state index in [-0.39, 0.29) is 12.0 Å². The van der Waals surface area contributed by atoms with Crippen LogP contribution in [0.4, 0.5) is 10.5 Å². The molecule has 0 aromatic heterocycles. The molecule has 0 radical (unpaired) electrons. The van der Waals surface area contributed by atoms with Gasteiger partial charge in [-0.3, -0.25) is 4.79 Å². The summed E-state index contributed by atoms with van der Waals surface area (Å²) < 4.78 is 5.33. The Hall–Kier alpha value is -2.04. The highest BCUT2D eigenvalue weighted by Gasteiger charge is 2.19. The highest BCUT2D eigenvalue weighted by molar-refractivity contribution is 5.90. The highest BCUT2D eigenvalue weighted by atomic mass is 16.6. The summed E-state index contributed by atoms with van der Waals surface area (Å²) in [6.07, 6.45) is 0.119. The Kier molecular flexibility index (Phi) is 6.61. The third kappa shape index (κ3) is 7.68. The number of carbonyl (C=O) groups is 2. The Morgan fingerprint density at radius 3 is 2.48 bits per heavy atom. The predicted molar refractivity (Wildman–Crippen MR) is 92.2 cm³/mol. The minimum absolute atomic E-state index is 0.00218. The second-order valence-electron chi connectivity index (χ2n) is 7.18. The number of rotatable bonds is 5. The molecule has 0 aliphatic rings. The summed E-state index contributed by atoms with van der Waals surface area (Å²) >= 11 is 0. The molecule has 0 saturated carbocycles. The molecular weight excluding hydrogens is 292 g/mol. The van der Waals surface area contributed by atoms with E-state index in [4.69, 9.17) is 4.74 Å². The van der Waals surface area contributed by atoms with E-state index in [0.717, 1.165) is 11.3 Å². The van der Waals surface area contributed by atoms with E-state index in [2.05, 4.69) is 5.32 Å². The highest BCUT2D eigenvalue weighted by Crippen LogP contribution is 2.15. The second-order valence-corrected chi connectivity index (χ2v) is 7.18. The normalized spacial score (nSPS) is 11.3. The van der Waals surface area contributed by atoms with E-state index in [1.165, 1.54) is 4.90 Å². The van der Waals surface area contributed by atoms with Crippen molar-refractivity contribution in [2.75, 3.05) is 12.4 Å². The van der Waals surface area contributed by atoms with Crippen LogP contribution in [0.3, 0.4) is 0 Å². The molecule has 0 spiro atoms. The van der Waals surface area contributed by atoms with Gasteiger partial charge in [0, 0.05) is 25.7 Å². The number of nitrogens with one attached hydrogen (secondary N) is 1. The maximum Gasteiger partial charge on any atom is 0.410 e. The molecule has 5 nitrogen and oxygen atoms in total. The molecule has 0 unspecified atom stereocenters. The van der Waals surface area contributed by atoms with Gasteiger partial charge in [-0.1, -0.05) is 26.0 Å². The molecule has 23 heavy (non-hydrogen) atoms. The lowest BCUT2D eigenvalue weighted by molar-refractivity contribution is -0.116. The Bertz CT molecular complexity index is 547. The van der Waals surface area contributed by atoms with Crippen LogP contribution in [0, 0.1) is 5.92 Å². The lowest BCUT2D eigenvalue weighted by Gasteiger charge is -2.24. The van der Waals surface area contributed by atoms with E-state index in [9.17, 15) is 9.59 Å². The molecule has 1 N–H and O–H groups in total. The van der Waals surface area contributed by atoms with Gasteiger partial charge in [-0.25, -0.2) is 4.79 Å². The van der Waals surface area contributed by atoms with Gasteiger partial charge < -0.3 is 15.0 Å². The van der Waals surface area contributed by atoms with Gasteiger partial charge in [0.1, 0.15) is 5.60 Å². The summed E-state index contributed by atoms with van der Waals surface area (Å²) in [6, 6.07) is 7.50. The molecule has 1 rings (SSSR count). The van der Waals surface area contributed by atoms with Crippen molar-refractivity contribution < 1.29 is 14.3 Å². The van der Waals surface area contributed by atoms with Gasteiger partial charge in [0.25, 0.3) is 0 Å². The van der Waals surface area contributed by atoms with E-state index in [0.29, 0.717) is 18.9 Å². The Morgan fingerprint density at radius 1 is 1.26 bits per heavy atom. The number of carbonyl (C=O) groups excluding carboxylic acids is 2. The van der Waals surface area contributed by atoms with Crippen molar-refractivity contribution in [2.45, 2.75) is 53.2 Å². The molecule has 0 heterocycles. The molecule has 0 bridgehead atoms. The zero-order valence-corrected chi connectivity index (χ0v) is 15.0. The van der Waals surface area contributed by atoms with Gasteiger partial charge in [-0.05, 0) is 44.4 Å². The first kappa shape index (κ1) is 19.0. The van der Waals surface area contributed by atoms with Crippen LogP contribution in [0.1, 0.15) is 46.6 Å². The topological polar surface area (TPSA) is 58.6 Å². The number of ether oxygens (including phenoxy) is 1. The lowest BCUT2D eigenvalue weighted by Crippen LogP contribution is -2.33. The van der Waals surface area contributed by atoms with Crippen LogP contribution in [0.2, 0.25) is 0 Å². The van der Waals surface area contributed by atoms with Gasteiger partial charge in [-0.2, -0.15) is 0 Å². The van der Waals surface area contributed by atoms with Crippen molar-refractivity contribution in [1.29, 1.82) is 0 Å². The maximum absolute atomic E-state index is 12.0. The first-order valence-corrected chi connectivity index (χ1v) is 7.89. The average molecular weight is 320 g/mol. The fourth-order valence-corrected chi connectivity index (χ4v) is 2.01. The Morgan fingerprint density at radius 2 is 1.91 bits per heavy atom. The molecule has 5 heteroatoms. The molecule has 0 saturated heterocycles. The second kappa shape index (κ2) is 7.99. The molecule has 0 fully saturated rings. The lowest BCUT2D eigenvalue weighted by atomic mass is 10.1. The summed E-state index contributed by atoms with van der Waals surface area (Å²) in [6.45, 7) is 9.94. The van der Waals surface area contributed by atoms with Gasteiger partial charge in [0.15, 0.2) is 0 Å². The van der Waals surface area contributed by atoms with Crippen LogP contribution in [-0.2, 0) is 16.1 Å². The number of benzene rings is 1. The summed E-state index contributed by atoms with van der Waals surface area (Å²) in [5.41, 5.74) is 1.16.